The first-order valence-corrected chi connectivity index (χ1v) is 23.0. The van der Waals surface area contributed by atoms with E-state index in [0.29, 0.717) is 34.0 Å². The molecule has 0 saturated carbocycles. The summed E-state index contributed by atoms with van der Waals surface area (Å²) in [5, 5.41) is 3.97. The summed E-state index contributed by atoms with van der Waals surface area (Å²) in [7, 11) is 0. The number of alkyl halides is 6. The molecule has 10 heteroatoms. The predicted octanol–water partition coefficient (Wildman–Crippen LogP) is 16.7. The SMILES string of the molecule is FC(F)(F)C(c1ccc(-c2cc(-c3ccccc3)nc(-c3ccccc3)n2)cc1)(c1ccc(-n2c3ccccc3c3cc(-c4ccc5c(c4)c4ccccc4n5-c4ccccc4)ccc32)cc1)C(F)(F)F. The van der Waals surface area contributed by atoms with Crippen LogP contribution in [0.5, 0.6) is 0 Å². The van der Waals surface area contributed by atoms with Crippen molar-refractivity contribution in [3.8, 4) is 56.4 Å². The van der Waals surface area contributed by atoms with E-state index in [2.05, 4.69) is 53.1 Å². The third kappa shape index (κ3) is 7.16. The summed E-state index contributed by atoms with van der Waals surface area (Å²) in [5.74, 6) is 0.358. The standard InChI is InChI=1S/C61H38F6N4/c62-60(63,64)59(61(65,66)67,44-28-24-40(25-29-44)53-38-52(39-14-4-1-5-15-39)68-58(69-53)41-16-6-2-7-17-41)45-30-32-47(33-31-45)71-55-23-13-11-21-49(55)51-37-43(27-35-57(51)71)42-26-34-56-50(36-42)48-20-10-12-22-54(48)70(56)46-18-8-3-9-19-46/h1-38H. The highest BCUT2D eigenvalue weighted by atomic mass is 19.4. The highest BCUT2D eigenvalue weighted by molar-refractivity contribution is 6.12. The van der Waals surface area contributed by atoms with E-state index in [9.17, 15) is 0 Å². The molecule has 0 unspecified atom stereocenters. The van der Waals surface area contributed by atoms with Crippen LogP contribution >= 0.6 is 0 Å². The first kappa shape index (κ1) is 43.5. The van der Waals surface area contributed by atoms with E-state index >= 15 is 26.3 Å². The maximum Gasteiger partial charge on any atom is 0.411 e. The van der Waals surface area contributed by atoms with Gasteiger partial charge in [-0.25, -0.2) is 9.97 Å². The molecule has 0 aliphatic rings. The Morgan fingerprint density at radius 1 is 0.296 bits per heavy atom. The fraction of sp³-hybridized carbons (Fsp3) is 0.0492. The third-order valence-corrected chi connectivity index (χ3v) is 13.5. The molecule has 9 aromatic carbocycles. The van der Waals surface area contributed by atoms with Crippen LogP contribution in [-0.2, 0) is 5.41 Å². The van der Waals surface area contributed by atoms with E-state index < -0.39 is 28.9 Å². The number of fused-ring (bicyclic) bond motifs is 6. The van der Waals surface area contributed by atoms with Crippen molar-refractivity contribution >= 4 is 43.6 Å². The molecule has 0 saturated heterocycles. The highest BCUT2D eigenvalue weighted by Gasteiger charge is 2.72. The predicted molar refractivity (Wildman–Crippen MR) is 272 cm³/mol. The van der Waals surface area contributed by atoms with Crippen molar-refractivity contribution in [1.29, 1.82) is 0 Å². The maximum atomic E-state index is 15.6. The lowest BCUT2D eigenvalue weighted by molar-refractivity contribution is -0.288. The molecule has 3 heterocycles. The smallest absolute Gasteiger partial charge is 0.309 e. The molecule has 0 spiro atoms. The van der Waals surface area contributed by atoms with Crippen LogP contribution in [-0.4, -0.2) is 31.5 Å². The number of benzene rings is 9. The van der Waals surface area contributed by atoms with Gasteiger partial charge in [-0.2, -0.15) is 26.3 Å². The van der Waals surface area contributed by atoms with Gasteiger partial charge in [0.1, 0.15) is 0 Å². The number of rotatable bonds is 8. The summed E-state index contributed by atoms with van der Waals surface area (Å²) in [6.45, 7) is 0. The minimum atomic E-state index is -5.78. The van der Waals surface area contributed by atoms with E-state index in [1.54, 1.807) is 6.07 Å². The quantitative estimate of drug-likeness (QED) is 0.142. The molecular formula is C61H38F6N4. The van der Waals surface area contributed by atoms with Crippen molar-refractivity contribution in [2.45, 2.75) is 17.8 Å². The topological polar surface area (TPSA) is 35.6 Å². The van der Waals surface area contributed by atoms with Gasteiger partial charge in [-0.05, 0) is 89.0 Å². The lowest BCUT2D eigenvalue weighted by Crippen LogP contribution is -2.54. The zero-order chi connectivity index (χ0) is 48.5. The van der Waals surface area contributed by atoms with E-state index in [4.69, 9.17) is 9.97 Å². The summed E-state index contributed by atoms with van der Waals surface area (Å²) in [6, 6.07) is 67.6. The van der Waals surface area contributed by atoms with E-state index in [0.717, 1.165) is 90.3 Å². The van der Waals surface area contributed by atoms with Gasteiger partial charge in [0.25, 0.3) is 0 Å². The average molecular weight is 941 g/mol. The van der Waals surface area contributed by atoms with Crippen LogP contribution in [0.1, 0.15) is 11.1 Å². The summed E-state index contributed by atoms with van der Waals surface area (Å²) in [5.41, 5.74) is 3.43. The fourth-order valence-electron chi connectivity index (χ4n) is 10.2. The van der Waals surface area contributed by atoms with Crippen LogP contribution in [0.15, 0.2) is 231 Å². The van der Waals surface area contributed by atoms with Gasteiger partial charge in [0.15, 0.2) is 5.82 Å². The molecule has 0 bridgehead atoms. The molecule has 12 aromatic rings. The second kappa shape index (κ2) is 16.7. The second-order valence-electron chi connectivity index (χ2n) is 17.6. The normalized spacial score (nSPS) is 12.4. The number of hydrogen-bond donors (Lipinski definition) is 0. The molecule has 0 N–H and O–H groups in total. The van der Waals surface area contributed by atoms with Gasteiger partial charge in [0.05, 0.1) is 33.5 Å². The van der Waals surface area contributed by atoms with Crippen LogP contribution in [0.2, 0.25) is 0 Å². The number of nitrogens with zero attached hydrogens (tertiary/aromatic N) is 4. The highest BCUT2D eigenvalue weighted by Crippen LogP contribution is 2.56. The lowest BCUT2D eigenvalue weighted by Gasteiger charge is -2.38. The number of para-hydroxylation sites is 3. The molecule has 0 fully saturated rings. The van der Waals surface area contributed by atoms with E-state index in [-0.39, 0.29) is 0 Å². The molecule has 3 aromatic heterocycles. The zero-order valence-corrected chi connectivity index (χ0v) is 37.5. The Hall–Kier alpha value is -8.76. The fourth-order valence-corrected chi connectivity index (χ4v) is 10.2. The molecule has 0 aliphatic carbocycles. The minimum Gasteiger partial charge on any atom is -0.309 e. The Morgan fingerprint density at radius 2 is 0.662 bits per heavy atom. The molecule has 0 amide bonds. The summed E-state index contributed by atoms with van der Waals surface area (Å²) in [4.78, 5) is 9.47. The molecule has 344 valence electrons. The van der Waals surface area contributed by atoms with Crippen LogP contribution in [0.25, 0.3) is 100 Å². The van der Waals surface area contributed by atoms with Crippen LogP contribution in [0.3, 0.4) is 0 Å². The minimum absolute atomic E-state index is 0.324. The largest absolute Gasteiger partial charge is 0.411 e. The van der Waals surface area contributed by atoms with Gasteiger partial charge in [-0.3, -0.25) is 0 Å². The van der Waals surface area contributed by atoms with Gasteiger partial charge < -0.3 is 9.13 Å². The third-order valence-electron chi connectivity index (χ3n) is 13.5. The van der Waals surface area contributed by atoms with Crippen molar-refractivity contribution < 1.29 is 26.3 Å². The van der Waals surface area contributed by atoms with Crippen LogP contribution in [0, 0.1) is 0 Å². The van der Waals surface area contributed by atoms with Crippen molar-refractivity contribution in [3.05, 3.63) is 242 Å². The second-order valence-corrected chi connectivity index (χ2v) is 17.6. The van der Waals surface area contributed by atoms with Crippen molar-refractivity contribution in [1.82, 2.24) is 19.1 Å². The van der Waals surface area contributed by atoms with Crippen molar-refractivity contribution in [2.75, 3.05) is 0 Å². The van der Waals surface area contributed by atoms with Gasteiger partial charge >= 0.3 is 12.4 Å². The summed E-state index contributed by atoms with van der Waals surface area (Å²) < 4.78 is 97.8. The monoisotopic (exact) mass is 940 g/mol. The van der Waals surface area contributed by atoms with E-state index in [1.807, 2.05) is 132 Å². The zero-order valence-electron chi connectivity index (χ0n) is 37.5. The van der Waals surface area contributed by atoms with Gasteiger partial charge in [-0.15, -0.1) is 0 Å². The first-order chi connectivity index (χ1) is 34.5. The molecule has 0 radical (unpaired) electrons. The summed E-state index contributed by atoms with van der Waals surface area (Å²) in [6.07, 6.45) is -11.6. The van der Waals surface area contributed by atoms with Crippen molar-refractivity contribution in [2.24, 2.45) is 0 Å². The molecular weight excluding hydrogens is 903 g/mol. The number of aromatic nitrogens is 4. The molecule has 71 heavy (non-hydrogen) atoms. The van der Waals surface area contributed by atoms with Crippen LogP contribution in [0.4, 0.5) is 26.3 Å². The number of hydrogen-bond acceptors (Lipinski definition) is 2. The number of halogens is 6. The maximum absolute atomic E-state index is 15.6. The molecule has 0 atom stereocenters. The Morgan fingerprint density at radius 3 is 1.14 bits per heavy atom. The molecule has 12 rings (SSSR count). The van der Waals surface area contributed by atoms with E-state index in [1.165, 1.54) is 24.3 Å². The van der Waals surface area contributed by atoms with Gasteiger partial charge in [0, 0.05) is 49.6 Å². The average Bonchev–Trinajstić information content (AvgIpc) is 3.91. The Bertz CT molecular complexity index is 3860. The molecule has 0 aliphatic heterocycles. The summed E-state index contributed by atoms with van der Waals surface area (Å²) >= 11 is 0. The van der Waals surface area contributed by atoms with Gasteiger partial charge in [0.2, 0.25) is 5.41 Å². The lowest BCUT2D eigenvalue weighted by atomic mass is 9.72. The first-order valence-electron chi connectivity index (χ1n) is 23.0. The van der Waals surface area contributed by atoms with Gasteiger partial charge in [-0.1, -0.05) is 164 Å². The Labute approximate surface area is 403 Å². The Kier molecular flexibility index (Phi) is 10.3. The van der Waals surface area contributed by atoms with Crippen molar-refractivity contribution in [3.63, 3.8) is 0 Å². The Balaban J connectivity index is 0.935. The van der Waals surface area contributed by atoms with Crippen LogP contribution < -0.4 is 0 Å². The molecule has 4 nitrogen and oxygen atoms in total.